The van der Waals surface area contributed by atoms with Crippen LogP contribution in [0, 0.1) is 0 Å². The Morgan fingerprint density at radius 1 is 1.03 bits per heavy atom. The maximum Gasteiger partial charge on any atom is 0.243 e. The van der Waals surface area contributed by atoms with Gasteiger partial charge in [0.25, 0.3) is 0 Å². The first-order valence-corrected chi connectivity index (χ1v) is 12.0. The van der Waals surface area contributed by atoms with Gasteiger partial charge in [0, 0.05) is 24.8 Å². The highest BCUT2D eigenvalue weighted by Crippen LogP contribution is 2.25. The predicted molar refractivity (Wildman–Crippen MR) is 120 cm³/mol. The lowest BCUT2D eigenvalue weighted by Gasteiger charge is -2.19. The van der Waals surface area contributed by atoms with E-state index in [0.717, 1.165) is 24.1 Å². The molecule has 0 fully saturated rings. The molecule has 0 aromatic heterocycles. The molecule has 0 radical (unpaired) electrons. The summed E-state index contributed by atoms with van der Waals surface area (Å²) in [7, 11) is -3.46. The lowest BCUT2D eigenvalue weighted by atomic mass is 10.1. The van der Waals surface area contributed by atoms with Gasteiger partial charge in [-0.3, -0.25) is 4.79 Å². The highest BCUT2D eigenvalue weighted by Gasteiger charge is 2.21. The summed E-state index contributed by atoms with van der Waals surface area (Å²) in [6.07, 6.45) is 3.38. The zero-order chi connectivity index (χ0) is 21.7. The van der Waals surface area contributed by atoms with Gasteiger partial charge < -0.3 is 10.6 Å². The van der Waals surface area contributed by atoms with Crippen molar-refractivity contribution < 1.29 is 13.2 Å². The van der Waals surface area contributed by atoms with Gasteiger partial charge >= 0.3 is 0 Å². The van der Waals surface area contributed by atoms with Gasteiger partial charge in [-0.2, -0.15) is 4.31 Å². The molecule has 30 heavy (non-hydrogen) atoms. The van der Waals surface area contributed by atoms with E-state index < -0.39 is 10.0 Å². The summed E-state index contributed by atoms with van der Waals surface area (Å²) in [5, 5.41) is 6.15. The normalized spacial score (nSPS) is 14.5. The van der Waals surface area contributed by atoms with E-state index in [1.807, 2.05) is 26.8 Å². The van der Waals surface area contributed by atoms with Crippen LogP contribution in [-0.4, -0.2) is 38.3 Å². The molecule has 3 rings (SSSR count). The number of fused-ring (bicyclic) bond motifs is 1. The van der Waals surface area contributed by atoms with Crippen molar-refractivity contribution in [1.82, 2.24) is 9.62 Å². The molecular formula is C23H31N3O3S. The average molecular weight is 430 g/mol. The molecule has 0 aliphatic heterocycles. The van der Waals surface area contributed by atoms with E-state index in [4.69, 9.17) is 0 Å². The molecule has 2 N–H and O–H groups in total. The Balaban J connectivity index is 1.55. The molecule has 162 valence electrons. The summed E-state index contributed by atoms with van der Waals surface area (Å²) in [4.78, 5) is 12.6. The zero-order valence-electron chi connectivity index (χ0n) is 17.9. The van der Waals surface area contributed by atoms with Crippen LogP contribution in [-0.2, 0) is 27.7 Å². The van der Waals surface area contributed by atoms with Crippen molar-refractivity contribution in [1.29, 1.82) is 0 Å². The fraction of sp³-hybridized carbons (Fsp3) is 0.435. The molecule has 1 amide bonds. The van der Waals surface area contributed by atoms with E-state index in [1.165, 1.54) is 21.9 Å². The Morgan fingerprint density at radius 2 is 1.70 bits per heavy atom. The van der Waals surface area contributed by atoms with Gasteiger partial charge in [-0.05, 0) is 67.1 Å². The summed E-state index contributed by atoms with van der Waals surface area (Å²) in [5.74, 6) is -0.0967. The van der Waals surface area contributed by atoms with Gasteiger partial charge in [0.05, 0.1) is 11.4 Å². The maximum atomic E-state index is 12.6. The molecule has 1 aliphatic carbocycles. The summed E-state index contributed by atoms with van der Waals surface area (Å²) >= 11 is 0. The Bertz CT molecular complexity index is 983. The van der Waals surface area contributed by atoms with E-state index in [9.17, 15) is 13.2 Å². The number of aryl methyl sites for hydroxylation is 2. The van der Waals surface area contributed by atoms with Crippen LogP contribution in [0.4, 0.5) is 5.69 Å². The smallest absolute Gasteiger partial charge is 0.243 e. The maximum absolute atomic E-state index is 12.6. The molecule has 2 aromatic carbocycles. The summed E-state index contributed by atoms with van der Waals surface area (Å²) < 4.78 is 26.6. The number of sulfonamides is 1. The number of hydrogen-bond acceptors (Lipinski definition) is 4. The van der Waals surface area contributed by atoms with Crippen LogP contribution in [0.15, 0.2) is 47.4 Å². The molecule has 0 unspecified atom stereocenters. The summed E-state index contributed by atoms with van der Waals surface area (Å²) in [5.41, 5.74) is 4.47. The number of anilines is 1. The summed E-state index contributed by atoms with van der Waals surface area (Å²) in [6, 6.07) is 12.9. The van der Waals surface area contributed by atoms with E-state index in [2.05, 4.69) is 22.8 Å². The molecule has 0 heterocycles. The lowest BCUT2D eigenvalue weighted by Crippen LogP contribution is -2.31. The minimum absolute atomic E-state index is 0.0824. The van der Waals surface area contributed by atoms with Crippen molar-refractivity contribution in [2.75, 3.05) is 25.0 Å². The fourth-order valence-electron chi connectivity index (χ4n) is 3.86. The molecule has 0 saturated carbocycles. The SMILES string of the molecule is CCN(CC)S(=O)(=O)c1ccc([C@@H](C)NCC(=O)Nc2ccc3c(c2)CCC3)cc1. The number of nitrogens with zero attached hydrogens (tertiary/aromatic N) is 1. The van der Waals surface area contributed by atoms with Gasteiger partial charge in [-0.15, -0.1) is 0 Å². The van der Waals surface area contributed by atoms with Crippen LogP contribution in [0.5, 0.6) is 0 Å². The Morgan fingerprint density at radius 3 is 2.37 bits per heavy atom. The number of nitrogens with one attached hydrogen (secondary N) is 2. The number of benzene rings is 2. The molecule has 0 bridgehead atoms. The average Bonchev–Trinajstić information content (AvgIpc) is 3.20. The molecule has 0 spiro atoms. The van der Waals surface area contributed by atoms with Crippen LogP contribution in [0.1, 0.15) is 49.9 Å². The third-order valence-electron chi connectivity index (χ3n) is 5.67. The van der Waals surface area contributed by atoms with Gasteiger partial charge in [0.2, 0.25) is 15.9 Å². The molecular weight excluding hydrogens is 398 g/mol. The zero-order valence-corrected chi connectivity index (χ0v) is 18.8. The van der Waals surface area contributed by atoms with Crippen LogP contribution >= 0.6 is 0 Å². The number of carbonyl (C=O) groups is 1. The molecule has 2 aromatic rings. The van der Waals surface area contributed by atoms with Gasteiger partial charge in [-0.1, -0.05) is 32.0 Å². The monoisotopic (exact) mass is 429 g/mol. The molecule has 0 saturated heterocycles. The van der Waals surface area contributed by atoms with E-state index in [1.54, 1.807) is 24.3 Å². The number of amides is 1. The highest BCUT2D eigenvalue weighted by molar-refractivity contribution is 7.89. The fourth-order valence-corrected chi connectivity index (χ4v) is 5.32. The van der Waals surface area contributed by atoms with Gasteiger partial charge in [0.1, 0.15) is 0 Å². The van der Waals surface area contributed by atoms with Crippen molar-refractivity contribution in [3.63, 3.8) is 0 Å². The first-order valence-electron chi connectivity index (χ1n) is 10.6. The molecule has 6 nitrogen and oxygen atoms in total. The number of carbonyl (C=O) groups excluding carboxylic acids is 1. The molecule has 1 aliphatic rings. The van der Waals surface area contributed by atoms with Crippen molar-refractivity contribution >= 4 is 21.6 Å². The summed E-state index contributed by atoms with van der Waals surface area (Å²) in [6.45, 7) is 6.68. The number of hydrogen-bond donors (Lipinski definition) is 2. The molecule has 7 heteroatoms. The second kappa shape index (κ2) is 9.73. The number of rotatable bonds is 9. The topological polar surface area (TPSA) is 78.5 Å². The Kier molecular flexibility index (Phi) is 7.28. The Hall–Kier alpha value is -2.22. The lowest BCUT2D eigenvalue weighted by molar-refractivity contribution is -0.115. The third-order valence-corrected chi connectivity index (χ3v) is 7.74. The highest BCUT2D eigenvalue weighted by atomic mass is 32.2. The van der Waals surface area contributed by atoms with Crippen molar-refractivity contribution in [3.8, 4) is 0 Å². The second-order valence-corrected chi connectivity index (χ2v) is 9.58. The second-order valence-electron chi connectivity index (χ2n) is 7.65. The van der Waals surface area contributed by atoms with Crippen LogP contribution in [0.25, 0.3) is 0 Å². The van der Waals surface area contributed by atoms with Crippen molar-refractivity contribution in [3.05, 3.63) is 59.2 Å². The van der Waals surface area contributed by atoms with Gasteiger partial charge in [0.15, 0.2) is 0 Å². The standard InChI is InChI=1S/C23H31N3O3S/c1-4-26(5-2)30(28,29)22-13-10-18(11-14-22)17(3)24-16-23(27)25-21-12-9-19-7-6-8-20(19)15-21/h9-15,17,24H,4-8,16H2,1-3H3,(H,25,27)/t17-/m1/s1. The first-order chi connectivity index (χ1) is 14.3. The quantitative estimate of drug-likeness (QED) is 0.640. The van der Waals surface area contributed by atoms with Crippen molar-refractivity contribution in [2.45, 2.75) is 51.0 Å². The van der Waals surface area contributed by atoms with Crippen LogP contribution in [0.3, 0.4) is 0 Å². The minimum Gasteiger partial charge on any atom is -0.325 e. The predicted octanol–water partition coefficient (Wildman–Crippen LogP) is 3.50. The van der Waals surface area contributed by atoms with Crippen LogP contribution < -0.4 is 10.6 Å². The third kappa shape index (κ3) is 5.09. The minimum atomic E-state index is -3.46. The van der Waals surface area contributed by atoms with Crippen molar-refractivity contribution in [2.24, 2.45) is 0 Å². The Labute approximate surface area is 179 Å². The van der Waals surface area contributed by atoms with E-state index in [0.29, 0.717) is 13.1 Å². The van der Waals surface area contributed by atoms with Gasteiger partial charge in [-0.25, -0.2) is 8.42 Å². The van der Waals surface area contributed by atoms with E-state index in [-0.39, 0.29) is 23.4 Å². The van der Waals surface area contributed by atoms with E-state index >= 15 is 0 Å². The first kappa shape index (κ1) is 22.5. The van der Waals surface area contributed by atoms with Crippen LogP contribution in [0.2, 0.25) is 0 Å². The largest absolute Gasteiger partial charge is 0.325 e. The molecule has 1 atom stereocenters.